The summed E-state index contributed by atoms with van der Waals surface area (Å²) in [5.74, 6) is 1.67. The van der Waals surface area contributed by atoms with Gasteiger partial charge in [-0.2, -0.15) is 0 Å². The highest BCUT2D eigenvalue weighted by atomic mass is 15.0. The first-order valence-corrected chi connectivity index (χ1v) is 6.99. The molecule has 4 atom stereocenters. The Morgan fingerprint density at radius 3 is 2.53 bits per heavy atom. The van der Waals surface area contributed by atoms with Crippen LogP contribution >= 0.6 is 0 Å². The molecular formula is C16H25N. The van der Waals surface area contributed by atoms with Crippen molar-refractivity contribution in [3.63, 3.8) is 0 Å². The Bertz CT molecular complexity index is 333. The van der Waals surface area contributed by atoms with E-state index in [1.807, 2.05) is 0 Å². The Labute approximate surface area is 106 Å². The van der Waals surface area contributed by atoms with Gasteiger partial charge in [-0.15, -0.1) is 0 Å². The number of hydrogen-bond acceptors (Lipinski definition) is 1. The van der Waals surface area contributed by atoms with E-state index in [2.05, 4.69) is 56.4 Å². The van der Waals surface area contributed by atoms with Crippen LogP contribution in [-0.4, -0.2) is 6.04 Å². The lowest BCUT2D eigenvalue weighted by Crippen LogP contribution is -2.41. The highest BCUT2D eigenvalue weighted by Gasteiger charge is 2.27. The molecule has 1 aliphatic rings. The van der Waals surface area contributed by atoms with E-state index in [9.17, 15) is 0 Å². The van der Waals surface area contributed by atoms with Crippen LogP contribution in [0, 0.1) is 11.8 Å². The molecule has 1 heteroatoms. The van der Waals surface area contributed by atoms with E-state index in [0.29, 0.717) is 12.1 Å². The van der Waals surface area contributed by atoms with Gasteiger partial charge in [0.25, 0.3) is 0 Å². The first-order chi connectivity index (χ1) is 8.18. The molecule has 1 aromatic carbocycles. The third-order valence-corrected chi connectivity index (χ3v) is 4.47. The van der Waals surface area contributed by atoms with Gasteiger partial charge in [0.05, 0.1) is 0 Å². The molecule has 1 aliphatic carbocycles. The molecule has 0 aliphatic heterocycles. The van der Waals surface area contributed by atoms with Gasteiger partial charge in [0.15, 0.2) is 0 Å². The number of benzene rings is 1. The maximum absolute atomic E-state index is 3.82. The van der Waals surface area contributed by atoms with Gasteiger partial charge in [0, 0.05) is 12.1 Å². The van der Waals surface area contributed by atoms with Crippen LogP contribution in [0.3, 0.4) is 0 Å². The van der Waals surface area contributed by atoms with Crippen LogP contribution < -0.4 is 5.32 Å². The molecule has 0 unspecified atom stereocenters. The highest BCUT2D eigenvalue weighted by Crippen LogP contribution is 2.30. The lowest BCUT2D eigenvalue weighted by Gasteiger charge is -2.36. The maximum atomic E-state index is 3.82. The predicted molar refractivity (Wildman–Crippen MR) is 74.0 cm³/mol. The van der Waals surface area contributed by atoms with Gasteiger partial charge < -0.3 is 5.32 Å². The van der Waals surface area contributed by atoms with Crippen LogP contribution in [0.5, 0.6) is 0 Å². The normalized spacial score (nSPS) is 31.1. The third-order valence-electron chi connectivity index (χ3n) is 4.47. The summed E-state index contributed by atoms with van der Waals surface area (Å²) in [5, 5.41) is 3.82. The minimum absolute atomic E-state index is 0.467. The van der Waals surface area contributed by atoms with E-state index < -0.39 is 0 Å². The molecule has 94 valence electrons. The van der Waals surface area contributed by atoms with Crippen molar-refractivity contribution in [2.45, 2.75) is 52.1 Å². The number of nitrogens with one attached hydrogen (secondary N) is 1. The van der Waals surface area contributed by atoms with E-state index in [1.54, 1.807) is 0 Å². The van der Waals surface area contributed by atoms with Crippen molar-refractivity contribution in [2.75, 3.05) is 0 Å². The Morgan fingerprint density at radius 1 is 1.12 bits per heavy atom. The second-order valence-electron chi connectivity index (χ2n) is 5.67. The minimum Gasteiger partial charge on any atom is -0.307 e. The molecule has 0 aromatic heterocycles. The number of hydrogen-bond donors (Lipinski definition) is 1. The van der Waals surface area contributed by atoms with E-state index in [0.717, 1.165) is 11.8 Å². The van der Waals surface area contributed by atoms with Crippen LogP contribution in [0.15, 0.2) is 30.3 Å². The molecule has 1 fully saturated rings. The first kappa shape index (κ1) is 12.6. The third kappa shape index (κ3) is 3.10. The van der Waals surface area contributed by atoms with Gasteiger partial charge in [0.2, 0.25) is 0 Å². The summed E-state index contributed by atoms with van der Waals surface area (Å²) < 4.78 is 0. The fourth-order valence-corrected chi connectivity index (χ4v) is 2.98. The van der Waals surface area contributed by atoms with E-state index in [-0.39, 0.29) is 0 Å². The van der Waals surface area contributed by atoms with Crippen LogP contribution in [0.25, 0.3) is 0 Å². The van der Waals surface area contributed by atoms with Crippen molar-refractivity contribution >= 4 is 0 Å². The molecule has 1 N–H and O–H groups in total. The molecule has 17 heavy (non-hydrogen) atoms. The fraction of sp³-hybridized carbons (Fsp3) is 0.625. The zero-order chi connectivity index (χ0) is 12.3. The molecule has 1 nitrogen and oxygen atoms in total. The SMILES string of the molecule is C[C@H]1[C@@H](C)CCC[C@H]1N[C@H](C)c1ccccc1. The Kier molecular flexibility index (Phi) is 4.22. The average molecular weight is 231 g/mol. The molecule has 0 heterocycles. The van der Waals surface area contributed by atoms with Crippen LogP contribution in [0.2, 0.25) is 0 Å². The molecule has 1 aromatic rings. The summed E-state index contributed by atoms with van der Waals surface area (Å²) in [7, 11) is 0. The Balaban J connectivity index is 1.96. The predicted octanol–water partition coefficient (Wildman–Crippen LogP) is 4.16. The summed E-state index contributed by atoms with van der Waals surface area (Å²) in [6, 6.07) is 11.9. The van der Waals surface area contributed by atoms with E-state index in [4.69, 9.17) is 0 Å². The van der Waals surface area contributed by atoms with Gasteiger partial charge in [-0.25, -0.2) is 0 Å². The molecule has 0 spiro atoms. The molecular weight excluding hydrogens is 206 g/mol. The molecule has 0 saturated heterocycles. The second kappa shape index (κ2) is 5.68. The topological polar surface area (TPSA) is 12.0 Å². The smallest absolute Gasteiger partial charge is 0.0294 e. The van der Waals surface area contributed by atoms with Gasteiger partial charge in [-0.1, -0.05) is 57.0 Å². The summed E-state index contributed by atoms with van der Waals surface area (Å²) in [6.07, 6.45) is 4.12. The van der Waals surface area contributed by atoms with Crippen molar-refractivity contribution in [1.29, 1.82) is 0 Å². The monoisotopic (exact) mass is 231 g/mol. The average Bonchev–Trinajstić information content (AvgIpc) is 2.36. The largest absolute Gasteiger partial charge is 0.307 e. The van der Waals surface area contributed by atoms with Crippen molar-refractivity contribution < 1.29 is 0 Å². The van der Waals surface area contributed by atoms with Crippen molar-refractivity contribution in [2.24, 2.45) is 11.8 Å². The Morgan fingerprint density at radius 2 is 1.82 bits per heavy atom. The lowest BCUT2D eigenvalue weighted by molar-refractivity contribution is 0.196. The maximum Gasteiger partial charge on any atom is 0.0294 e. The van der Waals surface area contributed by atoms with E-state index in [1.165, 1.54) is 24.8 Å². The van der Waals surface area contributed by atoms with Gasteiger partial charge in [0.1, 0.15) is 0 Å². The van der Waals surface area contributed by atoms with Gasteiger partial charge >= 0.3 is 0 Å². The fourth-order valence-electron chi connectivity index (χ4n) is 2.98. The molecule has 0 bridgehead atoms. The summed E-state index contributed by atoms with van der Waals surface area (Å²) in [6.45, 7) is 7.08. The minimum atomic E-state index is 0.467. The summed E-state index contributed by atoms with van der Waals surface area (Å²) in [4.78, 5) is 0. The van der Waals surface area contributed by atoms with E-state index >= 15 is 0 Å². The lowest BCUT2D eigenvalue weighted by atomic mass is 9.77. The van der Waals surface area contributed by atoms with Crippen molar-refractivity contribution in [3.8, 4) is 0 Å². The molecule has 0 radical (unpaired) electrons. The summed E-state index contributed by atoms with van der Waals surface area (Å²) >= 11 is 0. The van der Waals surface area contributed by atoms with Crippen molar-refractivity contribution in [3.05, 3.63) is 35.9 Å². The van der Waals surface area contributed by atoms with Crippen LogP contribution in [0.4, 0.5) is 0 Å². The molecule has 0 amide bonds. The van der Waals surface area contributed by atoms with Crippen LogP contribution in [0.1, 0.15) is 51.6 Å². The quantitative estimate of drug-likeness (QED) is 0.823. The summed E-state index contributed by atoms with van der Waals surface area (Å²) in [5.41, 5.74) is 1.40. The first-order valence-electron chi connectivity index (χ1n) is 6.99. The zero-order valence-corrected chi connectivity index (χ0v) is 11.3. The highest BCUT2D eigenvalue weighted by molar-refractivity contribution is 5.18. The molecule has 2 rings (SSSR count). The molecule has 1 saturated carbocycles. The van der Waals surface area contributed by atoms with Crippen LogP contribution in [-0.2, 0) is 0 Å². The number of rotatable bonds is 3. The van der Waals surface area contributed by atoms with Gasteiger partial charge in [-0.3, -0.25) is 0 Å². The Hall–Kier alpha value is -0.820. The second-order valence-corrected chi connectivity index (χ2v) is 5.67. The van der Waals surface area contributed by atoms with Gasteiger partial charge in [-0.05, 0) is 30.7 Å². The standard InChI is InChI=1S/C16H25N/c1-12-8-7-11-16(13(12)2)17-14(3)15-9-5-4-6-10-15/h4-6,9-10,12-14,16-17H,7-8,11H2,1-3H3/t12-,13-,14+,16+/m0/s1. The van der Waals surface area contributed by atoms with Crippen molar-refractivity contribution in [1.82, 2.24) is 5.32 Å². The zero-order valence-electron chi connectivity index (χ0n) is 11.3.